The van der Waals surface area contributed by atoms with Crippen molar-refractivity contribution in [1.29, 1.82) is 0 Å². The largest absolute Gasteiger partial charge is 0.294 e. The molecule has 140 valence electrons. The molecule has 0 saturated heterocycles. The number of rotatable bonds is 7. The molecule has 0 aromatic heterocycles. The second-order valence-electron chi connectivity index (χ2n) is 5.87. The average Bonchev–Trinajstić information content (AvgIpc) is 2.58. The number of hydrogen-bond donors (Lipinski definition) is 2. The minimum absolute atomic E-state index is 0.139. The molecule has 2 aromatic carbocycles. The normalized spacial score (nSPS) is 12.8. The maximum Gasteiger partial charge on any atom is 0.294 e. The molecule has 0 unspecified atom stereocenters. The van der Waals surface area contributed by atoms with E-state index >= 15 is 0 Å². The minimum Gasteiger partial charge on any atom is -0.282 e. The van der Waals surface area contributed by atoms with Crippen LogP contribution in [0.1, 0.15) is 24.5 Å². The standard InChI is InChI=1S/C17H20N2O5S2/c1-13-3-9-16(10-4-13)25(20,21)19-18-14(2)5-6-15-7-11-17(12-8-15)26(22,23)24/h3-4,7-12,19H,5-6H2,1-2H3,(H,22,23,24)/b18-14-. The van der Waals surface area contributed by atoms with Crippen molar-refractivity contribution < 1.29 is 21.4 Å². The van der Waals surface area contributed by atoms with Crippen molar-refractivity contribution in [2.75, 3.05) is 0 Å². The zero-order valence-electron chi connectivity index (χ0n) is 14.4. The second kappa shape index (κ2) is 7.98. The number of hydrogen-bond acceptors (Lipinski definition) is 5. The Labute approximate surface area is 153 Å². The molecule has 0 heterocycles. The van der Waals surface area contributed by atoms with E-state index in [2.05, 4.69) is 9.93 Å². The minimum atomic E-state index is -4.21. The Hall–Kier alpha value is -2.23. The lowest BCUT2D eigenvalue weighted by Crippen LogP contribution is -2.19. The summed E-state index contributed by atoms with van der Waals surface area (Å²) < 4.78 is 55.2. The summed E-state index contributed by atoms with van der Waals surface area (Å²) in [5.74, 6) is 0. The fourth-order valence-corrected chi connectivity index (χ4v) is 3.47. The van der Waals surface area contributed by atoms with E-state index in [9.17, 15) is 16.8 Å². The molecule has 7 nitrogen and oxygen atoms in total. The van der Waals surface area contributed by atoms with Gasteiger partial charge in [0.1, 0.15) is 0 Å². The van der Waals surface area contributed by atoms with E-state index in [1.54, 1.807) is 31.2 Å². The number of aryl methyl sites for hydroxylation is 2. The van der Waals surface area contributed by atoms with Gasteiger partial charge >= 0.3 is 0 Å². The first-order chi connectivity index (χ1) is 12.1. The summed E-state index contributed by atoms with van der Waals surface area (Å²) in [6.45, 7) is 3.57. The fourth-order valence-electron chi connectivity index (χ4n) is 2.12. The van der Waals surface area contributed by atoms with Gasteiger partial charge in [-0.05, 0) is 56.5 Å². The van der Waals surface area contributed by atoms with Crippen LogP contribution in [-0.4, -0.2) is 27.1 Å². The van der Waals surface area contributed by atoms with E-state index in [4.69, 9.17) is 4.55 Å². The van der Waals surface area contributed by atoms with Crippen molar-refractivity contribution in [3.8, 4) is 0 Å². The van der Waals surface area contributed by atoms with Crippen LogP contribution in [0.3, 0.4) is 0 Å². The van der Waals surface area contributed by atoms with Crippen LogP contribution in [0.2, 0.25) is 0 Å². The van der Waals surface area contributed by atoms with Crippen molar-refractivity contribution in [2.24, 2.45) is 5.10 Å². The zero-order valence-corrected chi connectivity index (χ0v) is 16.0. The van der Waals surface area contributed by atoms with E-state index in [-0.39, 0.29) is 9.79 Å². The summed E-state index contributed by atoms with van der Waals surface area (Å²) in [5.41, 5.74) is 2.39. The van der Waals surface area contributed by atoms with Crippen molar-refractivity contribution >= 4 is 25.9 Å². The Morgan fingerprint density at radius 1 is 0.962 bits per heavy atom. The first-order valence-corrected chi connectivity index (χ1v) is 10.7. The van der Waals surface area contributed by atoms with Gasteiger partial charge < -0.3 is 0 Å². The predicted molar refractivity (Wildman–Crippen MR) is 99.2 cm³/mol. The van der Waals surface area contributed by atoms with Crippen LogP contribution in [0.25, 0.3) is 0 Å². The molecule has 2 rings (SSSR count). The molecule has 9 heteroatoms. The molecular weight excluding hydrogens is 376 g/mol. The Bertz CT molecular complexity index is 994. The monoisotopic (exact) mass is 396 g/mol. The fraction of sp³-hybridized carbons (Fsp3) is 0.235. The summed E-state index contributed by atoms with van der Waals surface area (Å²) in [6, 6.07) is 12.3. The maximum absolute atomic E-state index is 12.2. The van der Waals surface area contributed by atoms with Gasteiger partial charge in [0.05, 0.1) is 9.79 Å². The molecule has 0 fully saturated rings. The van der Waals surface area contributed by atoms with Crippen molar-refractivity contribution in [2.45, 2.75) is 36.5 Å². The third kappa shape index (κ3) is 5.65. The highest BCUT2D eigenvalue weighted by molar-refractivity contribution is 7.89. The molecule has 0 atom stereocenters. The first kappa shape index (κ1) is 20.1. The number of nitrogens with one attached hydrogen (secondary N) is 1. The highest BCUT2D eigenvalue weighted by Crippen LogP contribution is 2.12. The van der Waals surface area contributed by atoms with Crippen molar-refractivity contribution in [1.82, 2.24) is 4.83 Å². The van der Waals surface area contributed by atoms with E-state index in [0.29, 0.717) is 18.6 Å². The molecule has 26 heavy (non-hydrogen) atoms. The molecule has 2 N–H and O–H groups in total. The molecule has 0 bridgehead atoms. The SMILES string of the molecule is C/C(CCc1ccc(S(=O)(=O)O)cc1)=N/NS(=O)(=O)c1ccc(C)cc1. The van der Waals surface area contributed by atoms with E-state index < -0.39 is 20.1 Å². The van der Waals surface area contributed by atoms with E-state index in [0.717, 1.165) is 11.1 Å². The lowest BCUT2D eigenvalue weighted by atomic mass is 10.1. The lowest BCUT2D eigenvalue weighted by Gasteiger charge is -2.06. The van der Waals surface area contributed by atoms with Crippen LogP contribution in [0, 0.1) is 6.92 Å². The predicted octanol–water partition coefficient (Wildman–Crippen LogP) is 2.53. The first-order valence-electron chi connectivity index (χ1n) is 7.76. The van der Waals surface area contributed by atoms with Crippen LogP contribution < -0.4 is 4.83 Å². The summed E-state index contributed by atoms with van der Waals surface area (Å²) in [6.07, 6.45) is 1.04. The van der Waals surface area contributed by atoms with Gasteiger partial charge in [0.2, 0.25) is 0 Å². The number of hydrazone groups is 1. The van der Waals surface area contributed by atoms with E-state index in [1.807, 2.05) is 6.92 Å². The number of nitrogens with zero attached hydrogens (tertiary/aromatic N) is 1. The zero-order chi connectivity index (χ0) is 19.4. The van der Waals surface area contributed by atoms with Crippen LogP contribution in [0.15, 0.2) is 63.4 Å². The van der Waals surface area contributed by atoms with Gasteiger partial charge in [-0.15, -0.1) is 0 Å². The average molecular weight is 396 g/mol. The van der Waals surface area contributed by atoms with Crippen molar-refractivity contribution in [3.63, 3.8) is 0 Å². The van der Waals surface area contributed by atoms with Crippen LogP contribution in [-0.2, 0) is 26.6 Å². The van der Waals surface area contributed by atoms with Gasteiger partial charge in [0, 0.05) is 5.71 Å². The lowest BCUT2D eigenvalue weighted by molar-refractivity contribution is 0.483. The summed E-state index contributed by atoms with van der Waals surface area (Å²) in [7, 11) is -7.91. The van der Waals surface area contributed by atoms with Gasteiger partial charge in [0.25, 0.3) is 20.1 Å². The van der Waals surface area contributed by atoms with Gasteiger partial charge in [-0.25, -0.2) is 4.83 Å². The molecule has 0 aliphatic rings. The summed E-state index contributed by atoms with van der Waals surface area (Å²) in [5, 5.41) is 3.91. The number of benzene rings is 2. The Morgan fingerprint density at radius 3 is 2.04 bits per heavy atom. The molecule has 0 amide bonds. The molecule has 2 aromatic rings. The quantitative estimate of drug-likeness (QED) is 0.424. The summed E-state index contributed by atoms with van der Waals surface area (Å²) >= 11 is 0. The smallest absolute Gasteiger partial charge is 0.282 e. The molecular formula is C17H20N2O5S2. The van der Waals surface area contributed by atoms with Gasteiger partial charge in [0.15, 0.2) is 0 Å². The number of sulfonamides is 1. The maximum atomic E-state index is 12.2. The molecule has 0 aliphatic carbocycles. The molecule has 0 radical (unpaired) electrons. The second-order valence-corrected chi connectivity index (χ2v) is 8.96. The molecule has 0 saturated carbocycles. The van der Waals surface area contributed by atoms with Gasteiger partial charge in [-0.1, -0.05) is 29.8 Å². The van der Waals surface area contributed by atoms with Crippen LogP contribution in [0.5, 0.6) is 0 Å². The highest BCUT2D eigenvalue weighted by atomic mass is 32.2. The van der Waals surface area contributed by atoms with Crippen LogP contribution in [0.4, 0.5) is 0 Å². The van der Waals surface area contributed by atoms with E-state index in [1.165, 1.54) is 24.3 Å². The van der Waals surface area contributed by atoms with Crippen molar-refractivity contribution in [3.05, 3.63) is 59.7 Å². The summed E-state index contributed by atoms with van der Waals surface area (Å²) in [4.78, 5) is 2.18. The Kier molecular flexibility index (Phi) is 6.17. The third-order valence-corrected chi connectivity index (χ3v) is 5.78. The third-order valence-electron chi connectivity index (χ3n) is 3.68. The van der Waals surface area contributed by atoms with Gasteiger partial charge in [-0.2, -0.15) is 21.9 Å². The Balaban J connectivity index is 1.97. The van der Waals surface area contributed by atoms with Crippen LogP contribution >= 0.6 is 0 Å². The topological polar surface area (TPSA) is 113 Å². The highest BCUT2D eigenvalue weighted by Gasteiger charge is 2.12. The van der Waals surface area contributed by atoms with Gasteiger partial charge in [-0.3, -0.25) is 4.55 Å². The molecule has 0 aliphatic heterocycles. The molecule has 0 spiro atoms. The Morgan fingerprint density at radius 2 is 1.50 bits per heavy atom.